The number of nitrogens with two attached hydrogens (primary N) is 1. The molecule has 0 aromatic carbocycles. The van der Waals surface area contributed by atoms with Crippen LogP contribution in [-0.4, -0.2) is 17.4 Å². The van der Waals surface area contributed by atoms with Crippen LogP contribution in [0.2, 0.25) is 5.15 Å². The number of carbonyl (C=O) groups is 1. The Hall–Kier alpha value is -1.29. The van der Waals surface area contributed by atoms with Gasteiger partial charge in [0.05, 0.1) is 17.4 Å². The van der Waals surface area contributed by atoms with E-state index in [9.17, 15) is 4.79 Å². The van der Waals surface area contributed by atoms with Crippen LogP contribution in [0, 0.1) is 5.41 Å². The Morgan fingerprint density at radius 3 is 2.84 bits per heavy atom. The van der Waals surface area contributed by atoms with E-state index in [1.165, 1.54) is 31.9 Å². The molecule has 104 valence electrons. The molecule has 1 amide bonds. The second-order valence-corrected chi connectivity index (χ2v) is 5.71. The molecule has 4 nitrogen and oxygen atoms in total. The highest BCUT2D eigenvalue weighted by Gasteiger charge is 2.32. The van der Waals surface area contributed by atoms with E-state index in [0.717, 1.165) is 6.42 Å². The Morgan fingerprint density at radius 2 is 2.21 bits per heavy atom. The van der Waals surface area contributed by atoms with Gasteiger partial charge in [0.25, 0.3) is 5.91 Å². The monoisotopic (exact) mass is 281 g/mol. The maximum Gasteiger partial charge on any atom is 0.254 e. The first-order valence-corrected chi connectivity index (χ1v) is 7.13. The van der Waals surface area contributed by atoms with Crippen LogP contribution in [0.15, 0.2) is 12.3 Å². The van der Waals surface area contributed by atoms with Crippen molar-refractivity contribution in [3.05, 3.63) is 23.0 Å². The standard InChI is InChI=1S/C14H20ClN3O/c1-2-14(5-3-4-6-14)9-18-13(19)11-7-10(16)8-17-12(11)15/h7-8H,2-6,9,16H2,1H3,(H,18,19). The molecule has 0 unspecified atom stereocenters. The Labute approximate surface area is 118 Å². The zero-order chi connectivity index (χ0) is 13.9. The number of nitrogens with zero attached hydrogens (tertiary/aromatic N) is 1. The summed E-state index contributed by atoms with van der Waals surface area (Å²) in [5, 5.41) is 3.18. The van der Waals surface area contributed by atoms with Crippen LogP contribution in [0.1, 0.15) is 49.4 Å². The molecule has 0 spiro atoms. The third-order valence-electron chi connectivity index (χ3n) is 4.14. The molecule has 2 rings (SSSR count). The summed E-state index contributed by atoms with van der Waals surface area (Å²) in [6.45, 7) is 2.89. The number of hydrogen-bond donors (Lipinski definition) is 2. The molecule has 5 heteroatoms. The van der Waals surface area contributed by atoms with Crippen LogP contribution in [0.4, 0.5) is 5.69 Å². The maximum atomic E-state index is 12.1. The zero-order valence-electron chi connectivity index (χ0n) is 11.2. The van der Waals surface area contributed by atoms with Crippen LogP contribution < -0.4 is 11.1 Å². The highest BCUT2D eigenvalue weighted by atomic mass is 35.5. The molecule has 0 aliphatic heterocycles. The minimum Gasteiger partial charge on any atom is -0.397 e. The van der Waals surface area contributed by atoms with Crippen molar-refractivity contribution in [1.29, 1.82) is 0 Å². The number of nitrogens with one attached hydrogen (secondary N) is 1. The summed E-state index contributed by atoms with van der Waals surface area (Å²) in [5.74, 6) is -0.190. The van der Waals surface area contributed by atoms with E-state index in [1.54, 1.807) is 6.07 Å². The summed E-state index contributed by atoms with van der Waals surface area (Å²) in [4.78, 5) is 16.0. The minimum atomic E-state index is -0.190. The van der Waals surface area contributed by atoms with Crippen molar-refractivity contribution in [2.45, 2.75) is 39.0 Å². The average Bonchev–Trinajstić information content (AvgIpc) is 2.88. The third-order valence-corrected chi connectivity index (χ3v) is 4.44. The average molecular weight is 282 g/mol. The number of carbonyl (C=O) groups excluding carboxylic acids is 1. The fourth-order valence-corrected chi connectivity index (χ4v) is 2.96. The number of pyridine rings is 1. The van der Waals surface area contributed by atoms with Crippen LogP contribution in [0.3, 0.4) is 0 Å². The molecule has 0 saturated heterocycles. The molecule has 1 saturated carbocycles. The second kappa shape index (κ2) is 5.78. The van der Waals surface area contributed by atoms with E-state index < -0.39 is 0 Å². The molecular weight excluding hydrogens is 262 g/mol. The smallest absolute Gasteiger partial charge is 0.254 e. The highest BCUT2D eigenvalue weighted by Crippen LogP contribution is 2.40. The van der Waals surface area contributed by atoms with Gasteiger partial charge in [-0.05, 0) is 30.7 Å². The molecule has 0 atom stereocenters. The van der Waals surface area contributed by atoms with E-state index in [2.05, 4.69) is 17.2 Å². The van der Waals surface area contributed by atoms with E-state index in [1.807, 2.05) is 0 Å². The lowest BCUT2D eigenvalue weighted by Gasteiger charge is -2.27. The lowest BCUT2D eigenvalue weighted by Crippen LogP contribution is -2.35. The van der Waals surface area contributed by atoms with Gasteiger partial charge in [-0.2, -0.15) is 0 Å². The summed E-state index contributed by atoms with van der Waals surface area (Å²) >= 11 is 5.93. The van der Waals surface area contributed by atoms with Gasteiger partial charge < -0.3 is 11.1 Å². The van der Waals surface area contributed by atoms with Gasteiger partial charge in [-0.1, -0.05) is 31.4 Å². The van der Waals surface area contributed by atoms with Gasteiger partial charge in [-0.25, -0.2) is 4.98 Å². The van der Waals surface area contributed by atoms with Crippen molar-refractivity contribution >= 4 is 23.2 Å². The van der Waals surface area contributed by atoms with E-state index in [-0.39, 0.29) is 16.5 Å². The molecule has 0 bridgehead atoms. The molecule has 1 aliphatic carbocycles. The maximum absolute atomic E-state index is 12.1. The first-order chi connectivity index (χ1) is 9.06. The quantitative estimate of drug-likeness (QED) is 0.834. The van der Waals surface area contributed by atoms with Gasteiger partial charge in [0.1, 0.15) is 5.15 Å². The number of hydrogen-bond acceptors (Lipinski definition) is 3. The predicted octanol–water partition coefficient (Wildman–Crippen LogP) is 3.02. The highest BCUT2D eigenvalue weighted by molar-refractivity contribution is 6.32. The predicted molar refractivity (Wildman–Crippen MR) is 77.2 cm³/mol. The van der Waals surface area contributed by atoms with Crippen molar-refractivity contribution in [3.8, 4) is 0 Å². The van der Waals surface area contributed by atoms with Gasteiger partial charge in [0.2, 0.25) is 0 Å². The molecule has 19 heavy (non-hydrogen) atoms. The summed E-state index contributed by atoms with van der Waals surface area (Å²) in [7, 11) is 0. The van der Waals surface area contributed by atoms with Gasteiger partial charge in [-0.3, -0.25) is 4.79 Å². The molecule has 1 fully saturated rings. The largest absolute Gasteiger partial charge is 0.397 e. The Kier molecular flexibility index (Phi) is 4.30. The molecular formula is C14H20ClN3O. The Morgan fingerprint density at radius 1 is 1.53 bits per heavy atom. The van der Waals surface area contributed by atoms with Crippen molar-refractivity contribution in [2.24, 2.45) is 5.41 Å². The fraction of sp³-hybridized carbons (Fsp3) is 0.571. The summed E-state index contributed by atoms with van der Waals surface area (Å²) < 4.78 is 0. The number of nitrogen functional groups attached to an aromatic ring is 1. The van der Waals surface area contributed by atoms with Crippen molar-refractivity contribution in [1.82, 2.24) is 10.3 Å². The van der Waals surface area contributed by atoms with Crippen molar-refractivity contribution in [3.63, 3.8) is 0 Å². The lowest BCUT2D eigenvalue weighted by atomic mass is 9.83. The molecule has 0 radical (unpaired) electrons. The van der Waals surface area contributed by atoms with Crippen LogP contribution >= 0.6 is 11.6 Å². The molecule has 1 aliphatic rings. The molecule has 1 aromatic rings. The van der Waals surface area contributed by atoms with Crippen LogP contribution in [0.5, 0.6) is 0 Å². The van der Waals surface area contributed by atoms with Gasteiger partial charge in [-0.15, -0.1) is 0 Å². The normalized spacial score (nSPS) is 17.4. The zero-order valence-corrected chi connectivity index (χ0v) is 12.0. The number of halogens is 1. The molecule has 3 N–H and O–H groups in total. The second-order valence-electron chi connectivity index (χ2n) is 5.35. The van der Waals surface area contributed by atoms with Crippen molar-refractivity contribution < 1.29 is 4.79 Å². The lowest BCUT2D eigenvalue weighted by molar-refractivity contribution is 0.0928. The van der Waals surface area contributed by atoms with Gasteiger partial charge >= 0.3 is 0 Å². The Bertz CT molecular complexity index is 470. The number of aromatic nitrogens is 1. The first kappa shape index (κ1) is 14.1. The SMILES string of the molecule is CCC1(CNC(=O)c2cc(N)cnc2Cl)CCCC1. The topological polar surface area (TPSA) is 68.0 Å². The number of rotatable bonds is 4. The van der Waals surface area contributed by atoms with Gasteiger partial charge in [0.15, 0.2) is 0 Å². The minimum absolute atomic E-state index is 0.190. The fourth-order valence-electron chi connectivity index (χ4n) is 2.77. The Balaban J connectivity index is 2.03. The molecule has 1 heterocycles. The number of anilines is 1. The van der Waals surface area contributed by atoms with E-state index >= 15 is 0 Å². The van der Waals surface area contributed by atoms with Gasteiger partial charge in [0, 0.05) is 6.54 Å². The number of amides is 1. The summed E-state index contributed by atoms with van der Waals surface area (Å²) in [6.07, 6.45) is 7.42. The van der Waals surface area contributed by atoms with E-state index in [4.69, 9.17) is 17.3 Å². The first-order valence-electron chi connectivity index (χ1n) is 6.75. The third kappa shape index (κ3) is 3.18. The summed E-state index contributed by atoms with van der Waals surface area (Å²) in [6, 6.07) is 1.57. The van der Waals surface area contributed by atoms with Crippen molar-refractivity contribution in [2.75, 3.05) is 12.3 Å². The van der Waals surface area contributed by atoms with E-state index in [0.29, 0.717) is 17.8 Å². The molecule has 1 aromatic heterocycles. The van der Waals surface area contributed by atoms with Crippen LogP contribution in [-0.2, 0) is 0 Å². The van der Waals surface area contributed by atoms with Crippen LogP contribution in [0.25, 0.3) is 0 Å². The summed E-state index contributed by atoms with van der Waals surface area (Å²) in [5.41, 5.74) is 6.69.